The van der Waals surface area contributed by atoms with Crippen LogP contribution < -0.4 is 5.73 Å². The van der Waals surface area contributed by atoms with Gasteiger partial charge in [0.15, 0.2) is 5.79 Å². The van der Waals surface area contributed by atoms with E-state index in [0.29, 0.717) is 13.2 Å². The van der Waals surface area contributed by atoms with Gasteiger partial charge in [-0.3, -0.25) is 0 Å². The molecule has 11 heavy (non-hydrogen) atoms. The van der Waals surface area contributed by atoms with Crippen LogP contribution in [0.1, 0.15) is 12.8 Å². The first kappa shape index (κ1) is 7.49. The van der Waals surface area contributed by atoms with E-state index in [1.54, 1.807) is 0 Å². The lowest BCUT2D eigenvalue weighted by Crippen LogP contribution is -2.45. The van der Waals surface area contributed by atoms with Crippen molar-refractivity contribution < 1.29 is 14.6 Å². The van der Waals surface area contributed by atoms with Crippen molar-refractivity contribution in [3.8, 4) is 0 Å². The largest absolute Gasteiger partial charge is 0.386 e. The van der Waals surface area contributed by atoms with Crippen LogP contribution in [0.3, 0.4) is 0 Å². The van der Waals surface area contributed by atoms with Gasteiger partial charge in [-0.15, -0.1) is 0 Å². The first-order chi connectivity index (χ1) is 5.25. The highest BCUT2D eigenvalue weighted by molar-refractivity contribution is 4.96. The van der Waals surface area contributed by atoms with E-state index in [1.165, 1.54) is 0 Å². The SMILES string of the molecule is N[C@@H]1CCC2(OCCO2)[C@H]1O. The maximum atomic E-state index is 9.57. The lowest BCUT2D eigenvalue weighted by molar-refractivity contribution is -0.205. The molecule has 4 nitrogen and oxygen atoms in total. The number of rotatable bonds is 0. The van der Waals surface area contributed by atoms with E-state index in [4.69, 9.17) is 15.2 Å². The zero-order chi connectivity index (χ0) is 7.90. The van der Waals surface area contributed by atoms with Crippen LogP contribution in [0.5, 0.6) is 0 Å². The van der Waals surface area contributed by atoms with Crippen LogP contribution in [-0.2, 0) is 9.47 Å². The topological polar surface area (TPSA) is 64.7 Å². The van der Waals surface area contributed by atoms with Gasteiger partial charge in [-0.05, 0) is 6.42 Å². The minimum absolute atomic E-state index is 0.187. The van der Waals surface area contributed by atoms with Crippen LogP contribution in [0, 0.1) is 0 Å². The summed E-state index contributed by atoms with van der Waals surface area (Å²) in [4.78, 5) is 0. The summed E-state index contributed by atoms with van der Waals surface area (Å²) in [5.41, 5.74) is 5.62. The minimum Gasteiger partial charge on any atom is -0.386 e. The van der Waals surface area contributed by atoms with E-state index in [2.05, 4.69) is 0 Å². The van der Waals surface area contributed by atoms with E-state index in [1.807, 2.05) is 0 Å². The Morgan fingerprint density at radius 3 is 2.45 bits per heavy atom. The molecule has 2 rings (SSSR count). The quantitative estimate of drug-likeness (QED) is 0.486. The lowest BCUT2D eigenvalue weighted by Gasteiger charge is -2.26. The number of aliphatic hydroxyl groups is 1. The molecule has 1 spiro atoms. The summed E-state index contributed by atoms with van der Waals surface area (Å²) in [5.74, 6) is -0.751. The third-order valence-corrected chi connectivity index (χ3v) is 2.46. The van der Waals surface area contributed by atoms with Crippen molar-refractivity contribution in [1.82, 2.24) is 0 Å². The number of ether oxygens (including phenoxy) is 2. The molecule has 1 saturated heterocycles. The zero-order valence-electron chi connectivity index (χ0n) is 6.32. The van der Waals surface area contributed by atoms with Gasteiger partial charge < -0.3 is 20.3 Å². The van der Waals surface area contributed by atoms with E-state index in [-0.39, 0.29) is 6.04 Å². The highest BCUT2D eigenvalue weighted by Crippen LogP contribution is 2.36. The summed E-state index contributed by atoms with van der Waals surface area (Å²) in [7, 11) is 0. The molecular weight excluding hydrogens is 146 g/mol. The Morgan fingerprint density at radius 1 is 1.36 bits per heavy atom. The molecule has 0 bridgehead atoms. The van der Waals surface area contributed by atoms with E-state index >= 15 is 0 Å². The van der Waals surface area contributed by atoms with Crippen molar-refractivity contribution in [3.63, 3.8) is 0 Å². The molecule has 2 atom stereocenters. The molecule has 0 aromatic carbocycles. The maximum absolute atomic E-state index is 9.57. The van der Waals surface area contributed by atoms with Crippen molar-refractivity contribution in [2.24, 2.45) is 5.73 Å². The molecule has 2 fully saturated rings. The van der Waals surface area contributed by atoms with Gasteiger partial charge in [0.25, 0.3) is 0 Å². The molecule has 4 heteroatoms. The van der Waals surface area contributed by atoms with Gasteiger partial charge in [0, 0.05) is 12.5 Å². The van der Waals surface area contributed by atoms with Crippen LogP contribution in [0.4, 0.5) is 0 Å². The highest BCUT2D eigenvalue weighted by atomic mass is 16.7. The van der Waals surface area contributed by atoms with Crippen LogP contribution in [0.2, 0.25) is 0 Å². The molecule has 0 aromatic rings. The second kappa shape index (κ2) is 2.42. The zero-order valence-corrected chi connectivity index (χ0v) is 6.32. The van der Waals surface area contributed by atoms with Crippen LogP contribution in [0.15, 0.2) is 0 Å². The van der Waals surface area contributed by atoms with Crippen molar-refractivity contribution in [2.45, 2.75) is 30.8 Å². The fraction of sp³-hybridized carbons (Fsp3) is 1.00. The van der Waals surface area contributed by atoms with Gasteiger partial charge in [0.2, 0.25) is 0 Å². The second-order valence-electron chi connectivity index (χ2n) is 3.16. The van der Waals surface area contributed by atoms with Crippen molar-refractivity contribution in [1.29, 1.82) is 0 Å². The normalized spacial score (nSPS) is 42.0. The first-order valence-electron chi connectivity index (χ1n) is 3.96. The minimum atomic E-state index is -0.751. The lowest BCUT2D eigenvalue weighted by atomic mass is 10.2. The molecule has 1 heterocycles. The van der Waals surface area contributed by atoms with Crippen LogP contribution in [-0.4, -0.2) is 36.3 Å². The second-order valence-corrected chi connectivity index (χ2v) is 3.16. The molecule has 0 amide bonds. The Balaban J connectivity index is 2.13. The fourth-order valence-corrected chi connectivity index (χ4v) is 1.79. The molecule has 1 saturated carbocycles. The maximum Gasteiger partial charge on any atom is 0.196 e. The average Bonchev–Trinajstić information content (AvgIpc) is 2.56. The van der Waals surface area contributed by atoms with E-state index < -0.39 is 11.9 Å². The van der Waals surface area contributed by atoms with Crippen molar-refractivity contribution in [3.05, 3.63) is 0 Å². The van der Waals surface area contributed by atoms with Gasteiger partial charge in [-0.1, -0.05) is 0 Å². The summed E-state index contributed by atoms with van der Waals surface area (Å²) in [6.45, 7) is 1.15. The van der Waals surface area contributed by atoms with Gasteiger partial charge in [0.05, 0.1) is 13.2 Å². The Hall–Kier alpha value is -0.160. The monoisotopic (exact) mass is 159 g/mol. The molecule has 64 valence electrons. The molecule has 0 radical (unpaired) electrons. The predicted octanol–water partition coefficient (Wildman–Crippen LogP) is -0.789. The summed E-state index contributed by atoms with van der Waals surface area (Å²) in [6, 6.07) is -0.187. The summed E-state index contributed by atoms with van der Waals surface area (Å²) in [6.07, 6.45) is 0.848. The molecule has 3 N–H and O–H groups in total. The standard InChI is InChI=1S/C7H13NO3/c8-5-1-2-7(6(5)9)10-3-4-11-7/h5-6,9H,1-4,8H2/t5-,6+/m1/s1. The Morgan fingerprint density at radius 2 is 2.00 bits per heavy atom. The fourth-order valence-electron chi connectivity index (χ4n) is 1.79. The molecule has 2 aliphatic rings. The van der Waals surface area contributed by atoms with E-state index in [9.17, 15) is 5.11 Å². The molecule has 0 aromatic heterocycles. The molecule has 1 aliphatic carbocycles. The van der Waals surface area contributed by atoms with Crippen molar-refractivity contribution >= 4 is 0 Å². The molecule has 1 aliphatic heterocycles. The van der Waals surface area contributed by atoms with Gasteiger partial charge in [0.1, 0.15) is 6.10 Å². The average molecular weight is 159 g/mol. The number of hydrogen-bond donors (Lipinski definition) is 2. The summed E-state index contributed by atoms with van der Waals surface area (Å²) >= 11 is 0. The first-order valence-corrected chi connectivity index (χ1v) is 3.96. The Labute approximate surface area is 65.3 Å². The Bertz CT molecular complexity index is 156. The third-order valence-electron chi connectivity index (χ3n) is 2.46. The summed E-state index contributed by atoms with van der Waals surface area (Å²) in [5, 5.41) is 9.57. The highest BCUT2D eigenvalue weighted by Gasteiger charge is 2.51. The van der Waals surface area contributed by atoms with Gasteiger partial charge in [-0.2, -0.15) is 0 Å². The van der Waals surface area contributed by atoms with Gasteiger partial charge >= 0.3 is 0 Å². The number of hydrogen-bond acceptors (Lipinski definition) is 4. The molecule has 0 unspecified atom stereocenters. The number of nitrogens with two attached hydrogens (primary N) is 1. The van der Waals surface area contributed by atoms with Crippen LogP contribution in [0.25, 0.3) is 0 Å². The third kappa shape index (κ3) is 0.980. The van der Waals surface area contributed by atoms with E-state index in [0.717, 1.165) is 12.8 Å². The predicted molar refractivity (Wildman–Crippen MR) is 37.9 cm³/mol. The number of aliphatic hydroxyl groups excluding tert-OH is 1. The van der Waals surface area contributed by atoms with Gasteiger partial charge in [-0.25, -0.2) is 0 Å². The smallest absolute Gasteiger partial charge is 0.196 e. The Kier molecular flexibility index (Phi) is 1.64. The summed E-state index contributed by atoms with van der Waals surface area (Å²) < 4.78 is 10.7. The van der Waals surface area contributed by atoms with Crippen LogP contribution >= 0.6 is 0 Å². The van der Waals surface area contributed by atoms with Crippen molar-refractivity contribution in [2.75, 3.05) is 13.2 Å². The molecular formula is C7H13NO3.